The third-order valence-corrected chi connectivity index (χ3v) is 12.3. The summed E-state index contributed by atoms with van der Waals surface area (Å²) in [4.78, 5) is 5.27. The maximum Gasteiger partial charge on any atom is 0.0751 e. The van der Waals surface area contributed by atoms with Crippen molar-refractivity contribution in [3.63, 3.8) is 0 Å². The number of ether oxygens (including phenoxy) is 1. The highest BCUT2D eigenvalue weighted by Gasteiger charge is 2.64. The average Bonchev–Trinajstić information content (AvgIpc) is 3.00. The number of morpholine rings is 1. The zero-order valence-electron chi connectivity index (χ0n) is 21.8. The maximum atomic E-state index is 11.7. The molecule has 0 radical (unpaired) electrons. The Kier molecular flexibility index (Phi) is 6.59. The van der Waals surface area contributed by atoms with Gasteiger partial charge in [-0.1, -0.05) is 26.7 Å². The van der Waals surface area contributed by atoms with E-state index in [4.69, 9.17) is 4.74 Å². The molecule has 34 heavy (non-hydrogen) atoms. The second-order valence-corrected chi connectivity index (χ2v) is 13.6. The SMILES string of the molecule is C[C@]12CCC(O)C(N3CCOCC3)C1CC[C@@H]1[C@H]2CC[C@]2(C)C(O)C(N3CCCCCC3)C[C@@H]12. The molecular formula is C29H50N2O3. The van der Waals surface area contributed by atoms with Crippen LogP contribution >= 0.6 is 0 Å². The van der Waals surface area contributed by atoms with Gasteiger partial charge in [-0.05, 0) is 105 Å². The van der Waals surface area contributed by atoms with E-state index in [2.05, 4.69) is 23.6 Å². The number of nitrogens with zero attached hydrogens (tertiary/aromatic N) is 2. The molecule has 4 aliphatic carbocycles. The molecule has 0 aromatic heterocycles. The lowest BCUT2D eigenvalue weighted by molar-refractivity contribution is -0.169. The van der Waals surface area contributed by atoms with Crippen LogP contribution in [-0.4, -0.2) is 83.7 Å². The van der Waals surface area contributed by atoms with E-state index in [9.17, 15) is 10.2 Å². The maximum absolute atomic E-state index is 11.7. The Morgan fingerprint density at radius 3 is 2.15 bits per heavy atom. The van der Waals surface area contributed by atoms with Gasteiger partial charge in [-0.15, -0.1) is 0 Å². The first-order chi connectivity index (χ1) is 16.4. The van der Waals surface area contributed by atoms with Crippen molar-refractivity contribution in [1.82, 2.24) is 9.80 Å². The minimum Gasteiger partial charge on any atom is -0.391 e. The van der Waals surface area contributed by atoms with Crippen molar-refractivity contribution in [2.75, 3.05) is 39.4 Å². The lowest BCUT2D eigenvalue weighted by Gasteiger charge is -2.63. The number of fused-ring (bicyclic) bond motifs is 5. The van der Waals surface area contributed by atoms with E-state index in [-0.39, 0.29) is 17.6 Å². The molecule has 0 aromatic carbocycles. The monoisotopic (exact) mass is 474 g/mol. The number of hydrogen-bond acceptors (Lipinski definition) is 5. The van der Waals surface area contributed by atoms with Gasteiger partial charge in [-0.2, -0.15) is 0 Å². The molecule has 6 rings (SSSR count). The van der Waals surface area contributed by atoms with Gasteiger partial charge in [-0.25, -0.2) is 0 Å². The fourth-order valence-corrected chi connectivity index (χ4v) is 10.5. The smallest absolute Gasteiger partial charge is 0.0751 e. The van der Waals surface area contributed by atoms with Gasteiger partial charge in [0, 0.05) is 25.2 Å². The number of aliphatic hydroxyl groups is 2. The second-order valence-electron chi connectivity index (χ2n) is 13.6. The van der Waals surface area contributed by atoms with E-state index in [0.29, 0.717) is 29.3 Å². The molecule has 4 saturated carbocycles. The van der Waals surface area contributed by atoms with Crippen LogP contribution < -0.4 is 0 Å². The van der Waals surface area contributed by atoms with Gasteiger partial charge < -0.3 is 14.9 Å². The van der Waals surface area contributed by atoms with E-state index in [1.165, 1.54) is 77.3 Å². The van der Waals surface area contributed by atoms with Crippen LogP contribution in [0.15, 0.2) is 0 Å². The molecule has 2 N–H and O–H groups in total. The zero-order chi connectivity index (χ0) is 23.5. The molecule has 194 valence electrons. The van der Waals surface area contributed by atoms with E-state index >= 15 is 0 Å². The summed E-state index contributed by atoms with van der Waals surface area (Å²) in [7, 11) is 0. The Balaban J connectivity index is 1.24. The van der Waals surface area contributed by atoms with Crippen molar-refractivity contribution < 1.29 is 14.9 Å². The molecule has 0 bridgehead atoms. The van der Waals surface area contributed by atoms with E-state index in [1.54, 1.807) is 0 Å². The Labute approximate surface area is 207 Å². The Morgan fingerprint density at radius 2 is 1.41 bits per heavy atom. The molecule has 5 heteroatoms. The molecule has 5 unspecified atom stereocenters. The highest BCUT2D eigenvalue weighted by Crippen LogP contribution is 2.67. The predicted molar refractivity (Wildman–Crippen MR) is 135 cm³/mol. The lowest BCUT2D eigenvalue weighted by atomic mass is 9.44. The van der Waals surface area contributed by atoms with Gasteiger partial charge in [0.1, 0.15) is 0 Å². The summed E-state index contributed by atoms with van der Waals surface area (Å²) in [6, 6.07) is 0.697. The number of rotatable bonds is 2. The minimum atomic E-state index is -0.178. The van der Waals surface area contributed by atoms with E-state index in [1.807, 2.05) is 0 Å². The molecule has 0 spiro atoms. The Morgan fingerprint density at radius 1 is 0.706 bits per heavy atom. The summed E-state index contributed by atoms with van der Waals surface area (Å²) < 4.78 is 5.66. The van der Waals surface area contributed by atoms with Crippen LogP contribution in [0.4, 0.5) is 0 Å². The molecule has 0 aromatic rings. The Hall–Kier alpha value is -0.200. The molecule has 10 atom stereocenters. The van der Waals surface area contributed by atoms with Gasteiger partial charge in [-0.3, -0.25) is 9.80 Å². The summed E-state index contributed by atoms with van der Waals surface area (Å²) >= 11 is 0. The number of aliphatic hydroxyl groups excluding tert-OH is 2. The van der Waals surface area contributed by atoms with Gasteiger partial charge in [0.2, 0.25) is 0 Å². The van der Waals surface area contributed by atoms with E-state index in [0.717, 1.165) is 44.6 Å². The van der Waals surface area contributed by atoms with Crippen molar-refractivity contribution in [2.24, 2.45) is 34.5 Å². The van der Waals surface area contributed by atoms with Crippen molar-refractivity contribution in [3.05, 3.63) is 0 Å². The lowest BCUT2D eigenvalue weighted by Crippen LogP contribution is -2.63. The number of hydrogen-bond donors (Lipinski definition) is 2. The highest BCUT2D eigenvalue weighted by atomic mass is 16.5. The first kappa shape index (κ1) is 24.2. The van der Waals surface area contributed by atoms with Crippen molar-refractivity contribution in [1.29, 1.82) is 0 Å². The summed E-state index contributed by atoms with van der Waals surface area (Å²) in [5, 5.41) is 22.9. The molecular weight excluding hydrogens is 424 g/mol. The van der Waals surface area contributed by atoms with Gasteiger partial charge in [0.05, 0.1) is 25.4 Å². The quantitative estimate of drug-likeness (QED) is 0.635. The molecule has 0 amide bonds. The summed E-state index contributed by atoms with van der Waals surface area (Å²) in [6.07, 6.45) is 13.4. The van der Waals surface area contributed by atoms with Crippen LogP contribution in [-0.2, 0) is 4.74 Å². The van der Waals surface area contributed by atoms with Crippen molar-refractivity contribution in [3.8, 4) is 0 Å². The van der Waals surface area contributed by atoms with Crippen LogP contribution in [0.1, 0.15) is 84.5 Å². The van der Waals surface area contributed by atoms with Crippen molar-refractivity contribution in [2.45, 2.75) is 109 Å². The summed E-state index contributed by atoms with van der Waals surface area (Å²) in [5.74, 6) is 2.79. The summed E-state index contributed by atoms with van der Waals surface area (Å²) in [5.41, 5.74) is 0.428. The van der Waals surface area contributed by atoms with Gasteiger partial charge in [0.25, 0.3) is 0 Å². The largest absolute Gasteiger partial charge is 0.391 e. The third kappa shape index (κ3) is 3.74. The van der Waals surface area contributed by atoms with Crippen LogP contribution in [0.2, 0.25) is 0 Å². The van der Waals surface area contributed by atoms with Crippen molar-refractivity contribution >= 4 is 0 Å². The molecule has 2 saturated heterocycles. The molecule has 2 heterocycles. The Bertz CT molecular complexity index is 720. The normalized spacial score (nSPS) is 52.9. The summed E-state index contributed by atoms with van der Waals surface area (Å²) in [6.45, 7) is 11.0. The minimum absolute atomic E-state index is 0.0964. The van der Waals surface area contributed by atoms with Gasteiger partial charge >= 0.3 is 0 Å². The topological polar surface area (TPSA) is 56.2 Å². The predicted octanol–water partition coefficient (Wildman–Crippen LogP) is 3.92. The van der Waals surface area contributed by atoms with Crippen LogP contribution in [0, 0.1) is 34.5 Å². The average molecular weight is 475 g/mol. The first-order valence-electron chi connectivity index (χ1n) is 14.9. The van der Waals surface area contributed by atoms with Gasteiger partial charge in [0.15, 0.2) is 0 Å². The van der Waals surface area contributed by atoms with Crippen LogP contribution in [0.25, 0.3) is 0 Å². The third-order valence-electron chi connectivity index (χ3n) is 12.3. The molecule has 6 fully saturated rings. The van der Waals surface area contributed by atoms with Crippen LogP contribution in [0.5, 0.6) is 0 Å². The molecule has 6 aliphatic rings. The standard InChI is InChI=1S/C29H50N2O3/c1-28-12-10-25(32)26(31-15-17-34-18-16-31)22(28)8-7-20-21(28)9-11-29(2)23(20)19-24(27(29)33)30-13-5-3-4-6-14-30/h20-27,32-33H,3-19H2,1-2H3/t20-,21-,22?,23+,24?,25?,26?,27?,28-,29+/m1/s1. The molecule has 5 nitrogen and oxygen atoms in total. The van der Waals surface area contributed by atoms with Crippen LogP contribution in [0.3, 0.4) is 0 Å². The molecule has 2 aliphatic heterocycles. The highest BCUT2D eigenvalue weighted by molar-refractivity contribution is 5.14. The fourth-order valence-electron chi connectivity index (χ4n) is 10.5. The first-order valence-corrected chi connectivity index (χ1v) is 14.9. The fraction of sp³-hybridized carbons (Fsp3) is 1.00. The zero-order valence-corrected chi connectivity index (χ0v) is 21.8. The number of likely N-dealkylation sites (tertiary alicyclic amines) is 1. The van der Waals surface area contributed by atoms with E-state index < -0.39 is 0 Å². The second kappa shape index (κ2) is 9.28.